The maximum absolute atomic E-state index is 11.8. The van der Waals surface area contributed by atoms with Crippen LogP contribution in [0.5, 0.6) is 5.75 Å². The fraction of sp³-hybridized carbons (Fsp3) is 0.500. The van der Waals surface area contributed by atoms with Gasteiger partial charge < -0.3 is 14.8 Å². The van der Waals surface area contributed by atoms with E-state index >= 15 is 0 Å². The van der Waals surface area contributed by atoms with E-state index in [1.165, 1.54) is 12.7 Å². The van der Waals surface area contributed by atoms with Crippen LogP contribution in [-0.2, 0) is 9.53 Å². The molecule has 1 saturated heterocycles. The molecule has 4 heteroatoms. The van der Waals surface area contributed by atoms with E-state index in [0.29, 0.717) is 6.54 Å². The van der Waals surface area contributed by atoms with Crippen molar-refractivity contribution in [1.82, 2.24) is 5.32 Å². The molecule has 0 amide bonds. The summed E-state index contributed by atoms with van der Waals surface area (Å²) in [5, 5.41) is 3.25. The van der Waals surface area contributed by atoms with Crippen molar-refractivity contribution >= 4 is 5.97 Å². The van der Waals surface area contributed by atoms with E-state index in [9.17, 15) is 4.79 Å². The van der Waals surface area contributed by atoms with E-state index in [-0.39, 0.29) is 17.8 Å². The molecule has 98 valence electrons. The normalized spacial score (nSPS) is 23.4. The third-order valence-corrected chi connectivity index (χ3v) is 3.53. The molecule has 0 aromatic heterocycles. The van der Waals surface area contributed by atoms with Gasteiger partial charge >= 0.3 is 5.97 Å². The Morgan fingerprint density at radius 2 is 2.00 bits per heavy atom. The molecular formula is C14H19NO3. The minimum atomic E-state index is -0.136. The van der Waals surface area contributed by atoms with Crippen molar-refractivity contribution in [2.24, 2.45) is 5.92 Å². The molecule has 0 bridgehead atoms. The van der Waals surface area contributed by atoms with Crippen molar-refractivity contribution in [2.45, 2.75) is 12.3 Å². The summed E-state index contributed by atoms with van der Waals surface area (Å²) in [7, 11) is 3.10. The molecule has 1 aromatic rings. The first-order chi connectivity index (χ1) is 8.76. The van der Waals surface area contributed by atoms with Crippen LogP contribution in [0.25, 0.3) is 0 Å². The second kappa shape index (κ2) is 5.87. The Bertz CT molecular complexity index is 402. The third kappa shape index (κ3) is 2.64. The number of benzene rings is 1. The van der Waals surface area contributed by atoms with Gasteiger partial charge in [0.25, 0.3) is 0 Å². The highest BCUT2D eigenvalue weighted by atomic mass is 16.5. The van der Waals surface area contributed by atoms with Gasteiger partial charge in [0.2, 0.25) is 0 Å². The van der Waals surface area contributed by atoms with E-state index in [0.717, 1.165) is 18.7 Å². The Morgan fingerprint density at radius 1 is 1.28 bits per heavy atom. The van der Waals surface area contributed by atoms with Crippen molar-refractivity contribution in [3.8, 4) is 5.75 Å². The summed E-state index contributed by atoms with van der Waals surface area (Å²) in [5.41, 5.74) is 1.17. The molecule has 0 saturated carbocycles. The molecule has 1 aliphatic rings. The zero-order valence-corrected chi connectivity index (χ0v) is 10.8. The first-order valence-corrected chi connectivity index (χ1v) is 6.18. The number of hydrogen-bond donors (Lipinski definition) is 1. The molecule has 18 heavy (non-hydrogen) atoms. The number of esters is 1. The molecule has 0 radical (unpaired) electrons. The van der Waals surface area contributed by atoms with Gasteiger partial charge in [0.1, 0.15) is 5.75 Å². The molecule has 4 nitrogen and oxygen atoms in total. The molecule has 1 heterocycles. The van der Waals surface area contributed by atoms with Gasteiger partial charge in [-0.3, -0.25) is 4.79 Å². The fourth-order valence-electron chi connectivity index (χ4n) is 2.51. The average Bonchev–Trinajstić information content (AvgIpc) is 2.46. The number of carbonyl (C=O) groups is 1. The van der Waals surface area contributed by atoms with E-state index < -0.39 is 0 Å². The first kappa shape index (κ1) is 12.9. The molecule has 2 rings (SSSR count). The van der Waals surface area contributed by atoms with Crippen LogP contribution in [0.15, 0.2) is 24.3 Å². The molecule has 0 unspecified atom stereocenters. The molecule has 1 N–H and O–H groups in total. The van der Waals surface area contributed by atoms with Crippen LogP contribution in [-0.4, -0.2) is 33.3 Å². The van der Waals surface area contributed by atoms with Crippen LogP contribution in [0, 0.1) is 5.92 Å². The fourth-order valence-corrected chi connectivity index (χ4v) is 2.51. The van der Waals surface area contributed by atoms with Gasteiger partial charge in [-0.2, -0.15) is 0 Å². The Morgan fingerprint density at radius 3 is 2.61 bits per heavy atom. The van der Waals surface area contributed by atoms with Crippen LogP contribution in [0.3, 0.4) is 0 Å². The average molecular weight is 249 g/mol. The van der Waals surface area contributed by atoms with Crippen LogP contribution in [0.4, 0.5) is 0 Å². The van der Waals surface area contributed by atoms with Crippen LogP contribution >= 0.6 is 0 Å². The molecular weight excluding hydrogens is 230 g/mol. The SMILES string of the molecule is COC(=O)[C@@H]1CNCC[C@H]1c1ccc(OC)cc1. The van der Waals surface area contributed by atoms with E-state index in [1.807, 2.05) is 24.3 Å². The quantitative estimate of drug-likeness (QED) is 0.826. The van der Waals surface area contributed by atoms with Gasteiger partial charge in [-0.15, -0.1) is 0 Å². The summed E-state index contributed by atoms with van der Waals surface area (Å²) < 4.78 is 10.0. The molecule has 0 aliphatic carbocycles. The molecule has 2 atom stereocenters. The van der Waals surface area contributed by atoms with Gasteiger partial charge in [-0.05, 0) is 36.6 Å². The van der Waals surface area contributed by atoms with Gasteiger partial charge in [-0.1, -0.05) is 12.1 Å². The number of rotatable bonds is 3. The maximum Gasteiger partial charge on any atom is 0.310 e. The van der Waals surface area contributed by atoms with Crippen LogP contribution in [0.1, 0.15) is 17.9 Å². The summed E-state index contributed by atoms with van der Waals surface area (Å²) in [6.07, 6.45) is 0.950. The summed E-state index contributed by atoms with van der Waals surface area (Å²) in [5.74, 6) is 0.826. The van der Waals surface area contributed by atoms with Crippen molar-refractivity contribution < 1.29 is 14.3 Å². The Hall–Kier alpha value is -1.55. The van der Waals surface area contributed by atoms with E-state index in [1.54, 1.807) is 7.11 Å². The predicted octanol–water partition coefficient (Wildman–Crippen LogP) is 1.56. The highest BCUT2D eigenvalue weighted by Crippen LogP contribution is 2.31. The van der Waals surface area contributed by atoms with Crippen molar-refractivity contribution in [1.29, 1.82) is 0 Å². The van der Waals surface area contributed by atoms with Gasteiger partial charge in [0.05, 0.1) is 20.1 Å². The van der Waals surface area contributed by atoms with Gasteiger partial charge in [0, 0.05) is 6.54 Å². The smallest absolute Gasteiger partial charge is 0.310 e. The largest absolute Gasteiger partial charge is 0.497 e. The zero-order chi connectivity index (χ0) is 13.0. The topological polar surface area (TPSA) is 47.6 Å². The van der Waals surface area contributed by atoms with E-state index in [2.05, 4.69) is 5.32 Å². The van der Waals surface area contributed by atoms with Gasteiger partial charge in [0.15, 0.2) is 0 Å². The second-order valence-electron chi connectivity index (χ2n) is 4.50. The standard InChI is InChI=1S/C14H19NO3/c1-17-11-5-3-10(4-6-11)12-7-8-15-9-13(12)14(16)18-2/h3-6,12-13,15H,7-9H2,1-2H3/t12-,13+/m0/s1. The summed E-state index contributed by atoms with van der Waals surface area (Å²) in [4.78, 5) is 11.8. The van der Waals surface area contributed by atoms with Crippen molar-refractivity contribution in [3.05, 3.63) is 29.8 Å². The van der Waals surface area contributed by atoms with Crippen molar-refractivity contribution in [3.63, 3.8) is 0 Å². The Labute approximate surface area is 107 Å². The third-order valence-electron chi connectivity index (χ3n) is 3.53. The summed E-state index contributed by atoms with van der Waals surface area (Å²) >= 11 is 0. The van der Waals surface area contributed by atoms with E-state index in [4.69, 9.17) is 9.47 Å². The minimum Gasteiger partial charge on any atom is -0.497 e. The number of carbonyl (C=O) groups excluding carboxylic acids is 1. The maximum atomic E-state index is 11.8. The van der Waals surface area contributed by atoms with Crippen LogP contribution < -0.4 is 10.1 Å². The molecule has 1 aliphatic heterocycles. The lowest BCUT2D eigenvalue weighted by Gasteiger charge is -2.30. The lowest BCUT2D eigenvalue weighted by Crippen LogP contribution is -2.40. The van der Waals surface area contributed by atoms with Crippen LogP contribution in [0.2, 0.25) is 0 Å². The highest BCUT2D eigenvalue weighted by molar-refractivity contribution is 5.74. The minimum absolute atomic E-state index is 0.0999. The predicted molar refractivity (Wildman–Crippen MR) is 68.7 cm³/mol. The summed E-state index contributed by atoms with van der Waals surface area (Å²) in [6.45, 7) is 1.62. The molecule has 1 aromatic carbocycles. The zero-order valence-electron chi connectivity index (χ0n) is 10.8. The second-order valence-corrected chi connectivity index (χ2v) is 4.50. The first-order valence-electron chi connectivity index (χ1n) is 6.18. The van der Waals surface area contributed by atoms with Crippen molar-refractivity contribution in [2.75, 3.05) is 27.3 Å². The van der Waals surface area contributed by atoms with Gasteiger partial charge in [-0.25, -0.2) is 0 Å². The number of methoxy groups -OCH3 is 2. The summed E-state index contributed by atoms with van der Waals surface area (Å²) in [6, 6.07) is 7.94. The monoisotopic (exact) mass is 249 g/mol. The highest BCUT2D eigenvalue weighted by Gasteiger charge is 2.32. The number of piperidine rings is 1. The molecule has 1 fully saturated rings. The number of hydrogen-bond acceptors (Lipinski definition) is 4. The Balaban J connectivity index is 2.19. The lowest BCUT2D eigenvalue weighted by atomic mass is 9.81. The molecule has 0 spiro atoms. The number of ether oxygens (including phenoxy) is 2. The number of nitrogens with one attached hydrogen (secondary N) is 1. The Kier molecular flexibility index (Phi) is 4.20. The lowest BCUT2D eigenvalue weighted by molar-refractivity contribution is -0.146.